The number of aryl methyl sites for hydroxylation is 1. The fourth-order valence-electron chi connectivity index (χ4n) is 7.48. The molecule has 7 aromatic carbocycles. The number of rotatable bonds is 7. The third-order valence-electron chi connectivity index (χ3n) is 10.1. The molecule has 248 valence electrons. The average Bonchev–Trinajstić information content (AvgIpc) is 3.31. The summed E-state index contributed by atoms with van der Waals surface area (Å²) >= 11 is 0. The van der Waals surface area contributed by atoms with E-state index < -0.39 is 0 Å². The molecule has 0 saturated heterocycles. The van der Waals surface area contributed by atoms with Crippen LogP contribution in [0.5, 0.6) is 0 Å². The van der Waals surface area contributed by atoms with Crippen LogP contribution in [0.2, 0.25) is 0 Å². The number of benzene rings is 7. The van der Waals surface area contributed by atoms with Crippen molar-refractivity contribution >= 4 is 44.4 Å². The minimum Gasteiger partial charge on any atom is -0.311 e. The Bertz CT molecular complexity index is 2620. The molecule has 1 heterocycles. The van der Waals surface area contributed by atoms with Crippen LogP contribution in [0.1, 0.15) is 17.5 Å². The number of allylic oxidation sites excluding steroid dienone is 6. The van der Waals surface area contributed by atoms with E-state index in [1.165, 1.54) is 66.4 Å². The van der Waals surface area contributed by atoms with E-state index in [4.69, 9.17) is 0 Å². The molecule has 1 aromatic heterocycles. The van der Waals surface area contributed by atoms with Crippen LogP contribution in [0.3, 0.4) is 0 Å². The van der Waals surface area contributed by atoms with Crippen LogP contribution in [0, 0.1) is 6.92 Å². The van der Waals surface area contributed by atoms with Gasteiger partial charge in [0.2, 0.25) is 0 Å². The predicted molar refractivity (Wildman–Crippen MR) is 222 cm³/mol. The number of hydrogen-bond acceptors (Lipinski definition) is 1. The van der Waals surface area contributed by atoms with Crippen molar-refractivity contribution in [3.05, 3.63) is 211 Å². The van der Waals surface area contributed by atoms with Crippen LogP contribution in [-0.2, 0) is 0 Å². The SMILES string of the molecule is Cc1cccc(-n2c3ccccc3c3cc(-c4ccc(N(c5ccc(C6=CCC=CC=C6)cc5)c5ccc(-c6ccccc6)cc5)cc4)ccc32)c1. The summed E-state index contributed by atoms with van der Waals surface area (Å²) in [6.07, 6.45) is 11.8. The van der Waals surface area contributed by atoms with Crippen LogP contribution < -0.4 is 4.90 Å². The standard InChI is InChI=1S/C50H38N2/c1-36-12-11-17-46(34-36)52-49-19-10-9-18-47(49)48-35-42(26-33-50(48)52)41-24-31-45(32-25-41)51(44-29-22-40(23-30-44)38-15-7-4-8-16-38)43-27-20-39(21-28-43)37-13-5-2-3-6-14-37/h2-5,7-35H,6H2,1H3. The highest BCUT2D eigenvalue weighted by Gasteiger charge is 2.16. The molecule has 1 aliphatic rings. The van der Waals surface area contributed by atoms with E-state index in [2.05, 4.69) is 217 Å². The predicted octanol–water partition coefficient (Wildman–Crippen LogP) is 13.8. The number of hydrogen-bond donors (Lipinski definition) is 0. The van der Waals surface area contributed by atoms with Gasteiger partial charge in [0.05, 0.1) is 11.0 Å². The zero-order valence-corrected chi connectivity index (χ0v) is 29.2. The summed E-state index contributed by atoms with van der Waals surface area (Å²) in [6.45, 7) is 2.15. The van der Waals surface area contributed by atoms with Crippen molar-refractivity contribution < 1.29 is 0 Å². The lowest BCUT2D eigenvalue weighted by Crippen LogP contribution is -2.09. The topological polar surface area (TPSA) is 8.17 Å². The average molecular weight is 667 g/mol. The van der Waals surface area contributed by atoms with Gasteiger partial charge in [0.15, 0.2) is 0 Å². The summed E-state index contributed by atoms with van der Waals surface area (Å²) in [5, 5.41) is 2.52. The summed E-state index contributed by atoms with van der Waals surface area (Å²) in [5.41, 5.74) is 15.5. The highest BCUT2D eigenvalue weighted by Crippen LogP contribution is 2.39. The highest BCUT2D eigenvalue weighted by molar-refractivity contribution is 6.10. The molecule has 0 N–H and O–H groups in total. The zero-order chi connectivity index (χ0) is 34.9. The van der Waals surface area contributed by atoms with Crippen LogP contribution in [-0.4, -0.2) is 4.57 Å². The molecule has 0 fully saturated rings. The van der Waals surface area contributed by atoms with E-state index in [-0.39, 0.29) is 0 Å². The van der Waals surface area contributed by atoms with Gasteiger partial charge in [-0.3, -0.25) is 0 Å². The van der Waals surface area contributed by atoms with Crippen molar-refractivity contribution in [2.45, 2.75) is 13.3 Å². The van der Waals surface area contributed by atoms with Gasteiger partial charge < -0.3 is 9.47 Å². The molecule has 0 aliphatic heterocycles. The molecule has 0 atom stereocenters. The number of fused-ring (bicyclic) bond motifs is 3. The van der Waals surface area contributed by atoms with E-state index >= 15 is 0 Å². The van der Waals surface area contributed by atoms with Crippen molar-refractivity contribution in [1.29, 1.82) is 0 Å². The Morgan fingerprint density at radius 2 is 1.06 bits per heavy atom. The Morgan fingerprint density at radius 1 is 0.462 bits per heavy atom. The Hall–Kier alpha value is -6.64. The van der Waals surface area contributed by atoms with Gasteiger partial charge >= 0.3 is 0 Å². The second-order valence-electron chi connectivity index (χ2n) is 13.4. The first-order chi connectivity index (χ1) is 25.7. The molecule has 0 radical (unpaired) electrons. The molecule has 8 aromatic rings. The lowest BCUT2D eigenvalue weighted by Gasteiger charge is -2.26. The smallest absolute Gasteiger partial charge is 0.0541 e. The quantitative estimate of drug-likeness (QED) is 0.164. The highest BCUT2D eigenvalue weighted by atomic mass is 15.1. The maximum Gasteiger partial charge on any atom is 0.0541 e. The Labute approximate surface area is 305 Å². The van der Waals surface area contributed by atoms with Gasteiger partial charge in [-0.05, 0) is 119 Å². The van der Waals surface area contributed by atoms with Crippen LogP contribution >= 0.6 is 0 Å². The normalized spacial score (nSPS) is 12.6. The van der Waals surface area contributed by atoms with Gasteiger partial charge in [0.1, 0.15) is 0 Å². The van der Waals surface area contributed by atoms with E-state index in [9.17, 15) is 0 Å². The number of para-hydroxylation sites is 1. The molecule has 2 nitrogen and oxygen atoms in total. The molecule has 0 bridgehead atoms. The number of anilines is 3. The molecule has 0 unspecified atom stereocenters. The van der Waals surface area contributed by atoms with Gasteiger partial charge in [-0.2, -0.15) is 0 Å². The molecule has 9 rings (SSSR count). The molecule has 0 saturated carbocycles. The monoisotopic (exact) mass is 666 g/mol. The lowest BCUT2D eigenvalue weighted by molar-refractivity contribution is 1.17. The van der Waals surface area contributed by atoms with Crippen molar-refractivity contribution in [2.24, 2.45) is 0 Å². The summed E-state index contributed by atoms with van der Waals surface area (Å²) in [5.74, 6) is 0. The summed E-state index contributed by atoms with van der Waals surface area (Å²) < 4.78 is 2.39. The van der Waals surface area contributed by atoms with E-state index in [0.29, 0.717) is 0 Å². The third-order valence-corrected chi connectivity index (χ3v) is 10.1. The molecular formula is C50H38N2. The third kappa shape index (κ3) is 5.95. The Kier molecular flexibility index (Phi) is 8.19. The summed E-state index contributed by atoms with van der Waals surface area (Å²) in [4.78, 5) is 2.35. The minimum atomic E-state index is 0.942. The molecule has 52 heavy (non-hydrogen) atoms. The van der Waals surface area contributed by atoms with Gasteiger partial charge in [-0.1, -0.05) is 134 Å². The van der Waals surface area contributed by atoms with Gasteiger partial charge in [0, 0.05) is 33.5 Å². The first-order valence-corrected chi connectivity index (χ1v) is 18.0. The summed E-state index contributed by atoms with van der Waals surface area (Å²) in [6, 6.07) is 61.8. The second kappa shape index (κ2) is 13.6. The lowest BCUT2D eigenvalue weighted by atomic mass is 10.0. The van der Waals surface area contributed by atoms with Crippen molar-refractivity contribution in [3.8, 4) is 27.9 Å². The minimum absolute atomic E-state index is 0.942. The Balaban J connectivity index is 1.09. The van der Waals surface area contributed by atoms with E-state index in [1.807, 2.05) is 0 Å². The molecule has 0 amide bonds. The van der Waals surface area contributed by atoms with Gasteiger partial charge in [0.25, 0.3) is 0 Å². The first-order valence-electron chi connectivity index (χ1n) is 18.0. The molecular weight excluding hydrogens is 629 g/mol. The van der Waals surface area contributed by atoms with Crippen molar-refractivity contribution in [1.82, 2.24) is 4.57 Å². The van der Waals surface area contributed by atoms with Crippen molar-refractivity contribution in [3.63, 3.8) is 0 Å². The zero-order valence-electron chi connectivity index (χ0n) is 29.2. The van der Waals surface area contributed by atoms with Crippen LogP contribution in [0.4, 0.5) is 17.1 Å². The van der Waals surface area contributed by atoms with Crippen molar-refractivity contribution in [2.75, 3.05) is 4.90 Å². The molecule has 2 heteroatoms. The fourth-order valence-corrected chi connectivity index (χ4v) is 7.48. The van der Waals surface area contributed by atoms with Gasteiger partial charge in [-0.25, -0.2) is 0 Å². The van der Waals surface area contributed by atoms with E-state index in [1.54, 1.807) is 0 Å². The second-order valence-corrected chi connectivity index (χ2v) is 13.4. The van der Waals surface area contributed by atoms with E-state index in [0.717, 1.165) is 23.5 Å². The number of nitrogens with zero attached hydrogens (tertiary/aromatic N) is 2. The largest absolute Gasteiger partial charge is 0.311 e. The molecule has 0 spiro atoms. The maximum atomic E-state index is 2.39. The maximum absolute atomic E-state index is 2.39. The van der Waals surface area contributed by atoms with Gasteiger partial charge in [-0.15, -0.1) is 0 Å². The van der Waals surface area contributed by atoms with Crippen LogP contribution in [0.25, 0.3) is 55.3 Å². The molecule has 1 aliphatic carbocycles. The first kappa shape index (κ1) is 31.3. The summed E-state index contributed by atoms with van der Waals surface area (Å²) in [7, 11) is 0. The number of aromatic nitrogens is 1. The van der Waals surface area contributed by atoms with Crippen LogP contribution in [0.15, 0.2) is 200 Å². The fraction of sp³-hybridized carbons (Fsp3) is 0.0400. The Morgan fingerprint density at radius 3 is 1.77 bits per heavy atom.